The van der Waals surface area contributed by atoms with Gasteiger partial charge in [0.15, 0.2) is 11.5 Å². The van der Waals surface area contributed by atoms with Crippen LogP contribution in [0.15, 0.2) is 88.4 Å². The van der Waals surface area contributed by atoms with Crippen molar-refractivity contribution in [3.05, 3.63) is 106 Å². The van der Waals surface area contributed by atoms with Crippen LogP contribution in [0.3, 0.4) is 0 Å². The minimum absolute atomic E-state index is 0.152. The van der Waals surface area contributed by atoms with E-state index in [9.17, 15) is 18.0 Å². The molecule has 0 aliphatic heterocycles. The molecule has 0 radical (unpaired) electrons. The molecule has 190 valence electrons. The van der Waals surface area contributed by atoms with Crippen LogP contribution in [0.1, 0.15) is 34.0 Å². The van der Waals surface area contributed by atoms with Crippen LogP contribution >= 0.6 is 15.9 Å². The minimum atomic E-state index is -4.54. The summed E-state index contributed by atoms with van der Waals surface area (Å²) in [6.07, 6.45) is -3.17. The highest BCUT2D eigenvalue weighted by Gasteiger charge is 2.30. The van der Waals surface area contributed by atoms with Crippen LogP contribution in [0.2, 0.25) is 0 Å². The Hall–Kier alpha value is -3.85. The molecular weight excluding hydrogens is 549 g/mol. The third kappa shape index (κ3) is 6.48. The molecule has 0 aliphatic carbocycles. The fraction of sp³-hybridized carbons (Fsp3) is 0.143. The van der Waals surface area contributed by atoms with Gasteiger partial charge in [-0.15, -0.1) is 0 Å². The molecule has 0 saturated heterocycles. The molecular formula is C28H22BrF3N2O3. The number of nitrogens with one attached hydrogen (secondary N) is 1. The Bertz CT molecular complexity index is 1450. The molecule has 5 nitrogen and oxygen atoms in total. The van der Waals surface area contributed by atoms with Crippen LogP contribution in [0.25, 0.3) is 10.8 Å². The molecule has 0 bridgehead atoms. The molecule has 4 rings (SSSR count). The van der Waals surface area contributed by atoms with Gasteiger partial charge in [0, 0.05) is 5.56 Å². The summed E-state index contributed by atoms with van der Waals surface area (Å²) in [7, 11) is 0. The quantitative estimate of drug-likeness (QED) is 0.178. The number of hydrogen-bond donors (Lipinski definition) is 1. The highest BCUT2D eigenvalue weighted by Crippen LogP contribution is 2.37. The van der Waals surface area contributed by atoms with E-state index in [0.717, 1.165) is 28.5 Å². The number of alkyl halides is 3. The lowest BCUT2D eigenvalue weighted by Gasteiger charge is -2.15. The summed E-state index contributed by atoms with van der Waals surface area (Å²) in [6, 6.07) is 21.6. The lowest BCUT2D eigenvalue weighted by molar-refractivity contribution is -0.137. The van der Waals surface area contributed by atoms with E-state index in [0.29, 0.717) is 34.7 Å². The second-order valence-electron chi connectivity index (χ2n) is 7.97. The maximum absolute atomic E-state index is 12.9. The summed E-state index contributed by atoms with van der Waals surface area (Å²) < 4.78 is 51.2. The van der Waals surface area contributed by atoms with Gasteiger partial charge in [0.25, 0.3) is 5.91 Å². The van der Waals surface area contributed by atoms with E-state index in [2.05, 4.69) is 26.5 Å². The molecule has 1 N–H and O–H groups in total. The number of hydrazone groups is 1. The standard InChI is InChI=1S/C28H22BrF3N2O3/c1-2-36-25-14-18(16-33-34-27(35)20-9-6-11-22(15-20)28(30,31)32)13-24(29)26(25)37-17-21-10-5-8-19-7-3-4-12-23(19)21/h3-16H,2,17H2,1H3,(H,34,35)/b33-16-. The Morgan fingerprint density at radius 2 is 1.76 bits per heavy atom. The summed E-state index contributed by atoms with van der Waals surface area (Å²) in [6.45, 7) is 2.56. The number of hydrogen-bond acceptors (Lipinski definition) is 4. The Morgan fingerprint density at radius 3 is 2.54 bits per heavy atom. The molecule has 0 heterocycles. The summed E-state index contributed by atoms with van der Waals surface area (Å²) >= 11 is 3.51. The van der Waals surface area contributed by atoms with Gasteiger partial charge in [-0.25, -0.2) is 5.43 Å². The van der Waals surface area contributed by atoms with E-state index in [1.807, 2.05) is 49.4 Å². The highest BCUT2D eigenvalue weighted by atomic mass is 79.9. The lowest BCUT2D eigenvalue weighted by Crippen LogP contribution is -2.18. The number of halogens is 4. The molecule has 9 heteroatoms. The number of carbonyl (C=O) groups is 1. The van der Waals surface area contributed by atoms with Crippen LogP contribution in [-0.4, -0.2) is 18.7 Å². The molecule has 0 aliphatic rings. The zero-order valence-electron chi connectivity index (χ0n) is 19.7. The van der Waals surface area contributed by atoms with Crippen LogP contribution in [-0.2, 0) is 12.8 Å². The Balaban J connectivity index is 1.49. The Kier molecular flexibility index (Phi) is 8.13. The number of carbonyl (C=O) groups excluding carboxylic acids is 1. The first-order valence-corrected chi connectivity index (χ1v) is 12.1. The van der Waals surface area contributed by atoms with Gasteiger partial charge in [-0.05, 0) is 75.1 Å². The molecule has 1 amide bonds. The Morgan fingerprint density at radius 1 is 1.00 bits per heavy atom. The molecule has 4 aromatic rings. The second-order valence-corrected chi connectivity index (χ2v) is 8.82. The average Bonchev–Trinajstić information content (AvgIpc) is 2.88. The lowest BCUT2D eigenvalue weighted by atomic mass is 10.1. The van der Waals surface area contributed by atoms with Crippen molar-refractivity contribution >= 4 is 38.8 Å². The van der Waals surface area contributed by atoms with E-state index in [1.54, 1.807) is 12.1 Å². The monoisotopic (exact) mass is 570 g/mol. The van der Waals surface area contributed by atoms with Gasteiger partial charge in [-0.2, -0.15) is 18.3 Å². The van der Waals surface area contributed by atoms with Crippen LogP contribution in [0, 0.1) is 0 Å². The summed E-state index contributed by atoms with van der Waals surface area (Å²) in [4.78, 5) is 12.3. The van der Waals surface area contributed by atoms with Gasteiger partial charge < -0.3 is 9.47 Å². The number of rotatable bonds is 8. The van der Waals surface area contributed by atoms with Gasteiger partial charge in [0.1, 0.15) is 6.61 Å². The van der Waals surface area contributed by atoms with E-state index in [-0.39, 0.29) is 5.56 Å². The minimum Gasteiger partial charge on any atom is -0.490 e. The van der Waals surface area contributed by atoms with Gasteiger partial charge in [-0.1, -0.05) is 48.5 Å². The number of amides is 1. The van der Waals surface area contributed by atoms with Crippen molar-refractivity contribution in [2.75, 3.05) is 6.61 Å². The number of ether oxygens (including phenoxy) is 2. The van der Waals surface area contributed by atoms with Crippen LogP contribution in [0.4, 0.5) is 13.2 Å². The topological polar surface area (TPSA) is 59.9 Å². The van der Waals surface area contributed by atoms with Crippen molar-refractivity contribution in [1.82, 2.24) is 5.43 Å². The molecule has 0 saturated carbocycles. The van der Waals surface area contributed by atoms with Crippen molar-refractivity contribution in [2.45, 2.75) is 19.7 Å². The van der Waals surface area contributed by atoms with Crippen molar-refractivity contribution < 1.29 is 27.4 Å². The van der Waals surface area contributed by atoms with Crippen LogP contribution < -0.4 is 14.9 Å². The highest BCUT2D eigenvalue weighted by molar-refractivity contribution is 9.10. The first kappa shape index (κ1) is 26.2. The summed E-state index contributed by atoms with van der Waals surface area (Å²) in [5.41, 5.74) is 2.79. The largest absolute Gasteiger partial charge is 0.490 e. The second kappa shape index (κ2) is 11.5. The van der Waals surface area contributed by atoms with Gasteiger partial charge >= 0.3 is 6.18 Å². The molecule has 0 unspecified atom stereocenters. The molecule has 0 aromatic heterocycles. The van der Waals surface area contributed by atoms with E-state index >= 15 is 0 Å². The normalized spacial score (nSPS) is 11.6. The van der Waals surface area contributed by atoms with Crippen LogP contribution in [0.5, 0.6) is 11.5 Å². The Labute approximate surface area is 220 Å². The maximum Gasteiger partial charge on any atom is 0.416 e. The molecule has 0 fully saturated rings. The third-order valence-corrected chi connectivity index (χ3v) is 6.00. The van der Waals surface area contributed by atoms with Crippen molar-refractivity contribution in [3.8, 4) is 11.5 Å². The average molecular weight is 571 g/mol. The first-order chi connectivity index (χ1) is 17.8. The zero-order valence-corrected chi connectivity index (χ0v) is 21.3. The predicted molar refractivity (Wildman–Crippen MR) is 140 cm³/mol. The van der Waals surface area contributed by atoms with Gasteiger partial charge in [0.2, 0.25) is 0 Å². The fourth-order valence-corrected chi connectivity index (χ4v) is 4.27. The van der Waals surface area contributed by atoms with Crippen molar-refractivity contribution in [2.24, 2.45) is 5.10 Å². The first-order valence-electron chi connectivity index (χ1n) is 11.3. The number of benzene rings is 4. The SMILES string of the molecule is CCOc1cc(/C=N\NC(=O)c2cccc(C(F)(F)F)c2)cc(Br)c1OCc1cccc2ccccc12. The summed E-state index contributed by atoms with van der Waals surface area (Å²) in [5, 5.41) is 6.10. The van der Waals surface area contributed by atoms with Crippen molar-refractivity contribution in [3.63, 3.8) is 0 Å². The van der Waals surface area contributed by atoms with Gasteiger partial charge in [0.05, 0.1) is 22.9 Å². The van der Waals surface area contributed by atoms with Crippen molar-refractivity contribution in [1.29, 1.82) is 0 Å². The van der Waals surface area contributed by atoms with E-state index < -0.39 is 17.6 Å². The third-order valence-electron chi connectivity index (χ3n) is 5.42. The molecule has 0 spiro atoms. The summed E-state index contributed by atoms with van der Waals surface area (Å²) in [5.74, 6) is 0.226. The molecule has 4 aromatic carbocycles. The maximum atomic E-state index is 12.9. The fourth-order valence-electron chi connectivity index (χ4n) is 3.70. The zero-order chi connectivity index (χ0) is 26.4. The number of fused-ring (bicyclic) bond motifs is 1. The van der Waals surface area contributed by atoms with E-state index in [4.69, 9.17) is 9.47 Å². The smallest absolute Gasteiger partial charge is 0.416 e. The van der Waals surface area contributed by atoms with Gasteiger partial charge in [-0.3, -0.25) is 4.79 Å². The number of nitrogens with zero attached hydrogens (tertiary/aromatic N) is 1. The van der Waals surface area contributed by atoms with E-state index in [1.165, 1.54) is 18.3 Å². The molecule has 0 atom stereocenters. The predicted octanol–water partition coefficient (Wildman–Crippen LogP) is 7.36. The molecule has 37 heavy (non-hydrogen) atoms.